The average Bonchev–Trinajstić information content (AvgIpc) is 3.03. The molecular weight excluding hydrogens is 362 g/mol. The third-order valence-corrected chi connectivity index (χ3v) is 4.93. The first-order valence-electron chi connectivity index (χ1n) is 8.60. The number of para-hydroxylation sites is 1. The first-order chi connectivity index (χ1) is 13.1. The van der Waals surface area contributed by atoms with Crippen LogP contribution in [0.1, 0.15) is 23.4 Å². The maximum atomic E-state index is 10.7. The first-order valence-corrected chi connectivity index (χ1v) is 9.59. The second-order valence-corrected chi connectivity index (χ2v) is 7.06. The van der Waals surface area contributed by atoms with E-state index < -0.39 is 5.97 Å². The van der Waals surface area contributed by atoms with E-state index in [1.807, 2.05) is 66.1 Å². The van der Waals surface area contributed by atoms with E-state index in [-0.39, 0.29) is 13.0 Å². The number of aryl methyl sites for hydroxylation is 1. The summed E-state index contributed by atoms with van der Waals surface area (Å²) in [5, 5.41) is 19.8. The lowest BCUT2D eigenvalue weighted by molar-refractivity contribution is -0.305. The Bertz CT molecular complexity index is 896. The SMILES string of the molecule is Cc1ccccc1OCc1nnc(SCCC(=O)[O-])n1Cc1ccccc1. The number of hydrogen-bond acceptors (Lipinski definition) is 6. The van der Waals surface area contributed by atoms with Crippen molar-refractivity contribution in [2.75, 3.05) is 5.75 Å². The number of thioether (sulfide) groups is 1. The van der Waals surface area contributed by atoms with Gasteiger partial charge in [-0.3, -0.25) is 4.57 Å². The van der Waals surface area contributed by atoms with Gasteiger partial charge in [0.1, 0.15) is 12.4 Å². The standard InChI is InChI=1S/C20H21N3O3S/c1-15-7-5-6-10-17(15)26-14-18-21-22-20(27-12-11-19(24)25)23(18)13-16-8-3-2-4-9-16/h2-10H,11-14H2,1H3,(H,24,25)/p-1. The molecule has 6 nitrogen and oxygen atoms in total. The van der Waals surface area contributed by atoms with Gasteiger partial charge in [-0.05, 0) is 30.5 Å². The minimum Gasteiger partial charge on any atom is -0.550 e. The lowest BCUT2D eigenvalue weighted by Crippen LogP contribution is -2.22. The summed E-state index contributed by atoms with van der Waals surface area (Å²) in [5.41, 5.74) is 2.16. The molecule has 27 heavy (non-hydrogen) atoms. The number of carbonyl (C=O) groups excluding carboxylic acids is 1. The molecule has 140 valence electrons. The predicted molar refractivity (Wildman–Crippen MR) is 101 cm³/mol. The summed E-state index contributed by atoms with van der Waals surface area (Å²) in [5.74, 6) is 0.809. The molecule has 0 amide bonds. The zero-order valence-electron chi connectivity index (χ0n) is 15.0. The number of nitrogens with zero attached hydrogens (tertiary/aromatic N) is 3. The van der Waals surface area contributed by atoms with E-state index in [1.54, 1.807) is 0 Å². The third-order valence-electron chi connectivity index (χ3n) is 3.96. The fraction of sp³-hybridized carbons (Fsp3) is 0.250. The molecule has 0 aliphatic heterocycles. The Balaban J connectivity index is 1.78. The van der Waals surface area contributed by atoms with Gasteiger partial charge >= 0.3 is 0 Å². The molecule has 0 saturated heterocycles. The van der Waals surface area contributed by atoms with Crippen molar-refractivity contribution >= 4 is 17.7 Å². The minimum atomic E-state index is -1.07. The number of hydrogen-bond donors (Lipinski definition) is 0. The number of benzene rings is 2. The smallest absolute Gasteiger partial charge is 0.191 e. The van der Waals surface area contributed by atoms with Crippen LogP contribution in [0, 0.1) is 6.92 Å². The number of ether oxygens (including phenoxy) is 1. The molecule has 3 rings (SSSR count). The molecule has 3 aromatic rings. The van der Waals surface area contributed by atoms with Gasteiger partial charge in [-0.2, -0.15) is 0 Å². The van der Waals surface area contributed by atoms with Gasteiger partial charge in [-0.15, -0.1) is 10.2 Å². The fourth-order valence-corrected chi connectivity index (χ4v) is 3.42. The van der Waals surface area contributed by atoms with Crippen LogP contribution in [0.5, 0.6) is 5.75 Å². The third kappa shape index (κ3) is 5.34. The topological polar surface area (TPSA) is 80.1 Å². The number of carbonyl (C=O) groups is 1. The van der Waals surface area contributed by atoms with Crippen LogP contribution in [-0.4, -0.2) is 26.5 Å². The second kappa shape index (κ2) is 9.23. The van der Waals surface area contributed by atoms with E-state index in [2.05, 4.69) is 10.2 Å². The number of aliphatic carboxylic acids is 1. The molecule has 2 aromatic carbocycles. The summed E-state index contributed by atoms with van der Waals surface area (Å²) >= 11 is 1.35. The van der Waals surface area contributed by atoms with Crippen molar-refractivity contribution in [3.05, 3.63) is 71.5 Å². The van der Waals surface area contributed by atoms with Crippen LogP contribution in [0.3, 0.4) is 0 Å². The number of rotatable bonds is 9. The summed E-state index contributed by atoms with van der Waals surface area (Å²) in [7, 11) is 0. The van der Waals surface area contributed by atoms with Crippen molar-refractivity contribution in [3.8, 4) is 5.75 Å². The van der Waals surface area contributed by atoms with Gasteiger partial charge in [0.25, 0.3) is 0 Å². The van der Waals surface area contributed by atoms with Crippen molar-refractivity contribution < 1.29 is 14.6 Å². The fourth-order valence-electron chi connectivity index (χ4n) is 2.54. The van der Waals surface area contributed by atoms with Crippen molar-refractivity contribution in [3.63, 3.8) is 0 Å². The Labute approximate surface area is 162 Å². The molecule has 7 heteroatoms. The minimum absolute atomic E-state index is 0.0299. The lowest BCUT2D eigenvalue weighted by atomic mass is 10.2. The van der Waals surface area contributed by atoms with E-state index in [0.29, 0.717) is 23.3 Å². The summed E-state index contributed by atoms with van der Waals surface area (Å²) in [6.45, 7) is 2.87. The van der Waals surface area contributed by atoms with Gasteiger partial charge < -0.3 is 14.6 Å². The Morgan fingerprint density at radius 1 is 1.11 bits per heavy atom. The molecule has 0 atom stereocenters. The molecule has 1 heterocycles. The highest BCUT2D eigenvalue weighted by Crippen LogP contribution is 2.22. The molecular formula is C20H20N3O3S-. The van der Waals surface area contributed by atoms with Gasteiger partial charge in [0.05, 0.1) is 6.54 Å². The first kappa shape index (κ1) is 19.0. The van der Waals surface area contributed by atoms with Crippen LogP contribution >= 0.6 is 11.8 Å². The Morgan fingerprint density at radius 2 is 1.85 bits per heavy atom. The molecule has 0 N–H and O–H groups in total. The van der Waals surface area contributed by atoms with Crippen LogP contribution in [0.15, 0.2) is 59.8 Å². The van der Waals surface area contributed by atoms with Crippen LogP contribution in [0.2, 0.25) is 0 Å². The molecule has 0 fully saturated rings. The maximum Gasteiger partial charge on any atom is 0.191 e. The van der Waals surface area contributed by atoms with Crippen molar-refractivity contribution in [1.82, 2.24) is 14.8 Å². The Hall–Kier alpha value is -2.80. The summed E-state index contributed by atoms with van der Waals surface area (Å²) in [6, 6.07) is 17.8. The normalized spacial score (nSPS) is 10.7. The largest absolute Gasteiger partial charge is 0.550 e. The molecule has 0 spiro atoms. The van der Waals surface area contributed by atoms with Crippen molar-refractivity contribution in [2.45, 2.75) is 31.7 Å². The second-order valence-electron chi connectivity index (χ2n) is 6.00. The quantitative estimate of drug-likeness (QED) is 0.529. The molecule has 0 unspecified atom stereocenters. The highest BCUT2D eigenvalue weighted by atomic mass is 32.2. The van der Waals surface area contributed by atoms with Crippen LogP contribution in [0.25, 0.3) is 0 Å². The highest BCUT2D eigenvalue weighted by molar-refractivity contribution is 7.99. The van der Waals surface area contributed by atoms with Gasteiger partial charge in [0.15, 0.2) is 11.0 Å². The molecule has 1 aromatic heterocycles. The van der Waals surface area contributed by atoms with E-state index >= 15 is 0 Å². The molecule has 0 radical (unpaired) electrons. The van der Waals surface area contributed by atoms with Gasteiger partial charge in [0.2, 0.25) is 0 Å². The zero-order valence-corrected chi connectivity index (χ0v) is 15.8. The summed E-state index contributed by atoms with van der Waals surface area (Å²) < 4.78 is 7.89. The van der Waals surface area contributed by atoms with Crippen LogP contribution in [-0.2, 0) is 17.9 Å². The molecule has 0 aliphatic carbocycles. The number of carboxylic acid groups (broad SMARTS) is 1. The summed E-state index contributed by atoms with van der Waals surface area (Å²) in [6.07, 6.45) is -0.0299. The van der Waals surface area contributed by atoms with E-state index in [4.69, 9.17) is 4.74 Å². The van der Waals surface area contributed by atoms with E-state index in [0.717, 1.165) is 16.9 Å². The Kier molecular flexibility index (Phi) is 6.49. The van der Waals surface area contributed by atoms with Crippen LogP contribution < -0.4 is 9.84 Å². The van der Waals surface area contributed by atoms with E-state index in [1.165, 1.54) is 11.8 Å². The maximum absolute atomic E-state index is 10.7. The van der Waals surface area contributed by atoms with Crippen LogP contribution in [0.4, 0.5) is 0 Å². The molecule has 0 bridgehead atoms. The average molecular weight is 382 g/mol. The van der Waals surface area contributed by atoms with Gasteiger partial charge in [0, 0.05) is 11.7 Å². The monoisotopic (exact) mass is 382 g/mol. The number of carboxylic acids is 1. The van der Waals surface area contributed by atoms with E-state index in [9.17, 15) is 9.90 Å². The lowest BCUT2D eigenvalue weighted by Gasteiger charge is -2.12. The van der Waals surface area contributed by atoms with Gasteiger partial charge in [-0.25, -0.2) is 0 Å². The Morgan fingerprint density at radius 3 is 2.59 bits per heavy atom. The summed E-state index contributed by atoms with van der Waals surface area (Å²) in [4.78, 5) is 10.7. The zero-order chi connectivity index (χ0) is 19.1. The number of aromatic nitrogens is 3. The van der Waals surface area contributed by atoms with Crippen molar-refractivity contribution in [2.24, 2.45) is 0 Å². The molecule has 0 aliphatic rings. The van der Waals surface area contributed by atoms with Crippen molar-refractivity contribution in [1.29, 1.82) is 0 Å². The highest BCUT2D eigenvalue weighted by Gasteiger charge is 2.14. The van der Waals surface area contributed by atoms with Gasteiger partial charge in [-0.1, -0.05) is 60.3 Å². The predicted octanol–water partition coefficient (Wildman–Crippen LogP) is 2.45. The molecule has 0 saturated carbocycles.